The number of rotatable bonds is 6. The normalized spacial score (nSPS) is 22.6. The highest BCUT2D eigenvalue weighted by atomic mass is 32.2. The van der Waals surface area contributed by atoms with Crippen LogP contribution in [0.5, 0.6) is 0 Å². The minimum atomic E-state index is -3.18. The molecule has 0 amide bonds. The van der Waals surface area contributed by atoms with E-state index in [0.717, 1.165) is 72.1 Å². The second kappa shape index (κ2) is 9.22. The predicted molar refractivity (Wildman–Crippen MR) is 147 cm³/mol. The third-order valence-corrected chi connectivity index (χ3v) is 9.61. The average Bonchev–Trinajstić information content (AvgIpc) is 3.70. The van der Waals surface area contributed by atoms with Gasteiger partial charge in [-0.05, 0) is 18.6 Å². The maximum atomic E-state index is 12.2. The number of anilines is 1. The van der Waals surface area contributed by atoms with E-state index in [4.69, 9.17) is 24.7 Å². The van der Waals surface area contributed by atoms with E-state index in [0.29, 0.717) is 32.3 Å². The number of hydrogen-bond donors (Lipinski definition) is 0. The summed E-state index contributed by atoms with van der Waals surface area (Å²) in [6.07, 6.45) is 2.93. The monoisotopic (exact) mass is 551 g/mol. The average molecular weight is 552 g/mol. The molecule has 0 unspecified atom stereocenters. The molecule has 3 saturated heterocycles. The van der Waals surface area contributed by atoms with Crippen molar-refractivity contribution in [2.45, 2.75) is 38.4 Å². The quantitative estimate of drug-likeness (QED) is 0.350. The molecule has 0 aliphatic carbocycles. The number of morpholine rings is 1. The van der Waals surface area contributed by atoms with Crippen LogP contribution in [0.25, 0.3) is 28.1 Å². The molecule has 3 aromatic heterocycles. The van der Waals surface area contributed by atoms with Crippen LogP contribution in [0.3, 0.4) is 0 Å². The van der Waals surface area contributed by atoms with Crippen molar-refractivity contribution in [3.05, 3.63) is 35.9 Å². The van der Waals surface area contributed by atoms with Crippen molar-refractivity contribution in [1.29, 1.82) is 0 Å². The number of likely N-dealkylation sites (tertiary alicyclic amines) is 1. The zero-order chi connectivity index (χ0) is 26.9. The summed E-state index contributed by atoms with van der Waals surface area (Å²) in [5.74, 6) is 3.21. The Labute approximate surface area is 227 Å². The van der Waals surface area contributed by atoms with Gasteiger partial charge in [0.1, 0.15) is 11.6 Å². The number of ether oxygens (including phenoxy) is 1. The van der Waals surface area contributed by atoms with Gasteiger partial charge >= 0.3 is 0 Å². The van der Waals surface area contributed by atoms with Gasteiger partial charge in [0.15, 0.2) is 17.0 Å². The van der Waals surface area contributed by atoms with Gasteiger partial charge in [0.25, 0.3) is 0 Å². The van der Waals surface area contributed by atoms with Crippen LogP contribution in [0.1, 0.15) is 25.0 Å². The van der Waals surface area contributed by atoms with Crippen molar-refractivity contribution in [2.24, 2.45) is 7.05 Å². The first-order valence-electron chi connectivity index (χ1n) is 13.6. The van der Waals surface area contributed by atoms with Gasteiger partial charge in [-0.3, -0.25) is 9.47 Å². The highest BCUT2D eigenvalue weighted by Crippen LogP contribution is 2.34. The highest BCUT2D eigenvalue weighted by Gasteiger charge is 2.47. The molecular weight excluding hydrogens is 518 g/mol. The number of aromatic nitrogens is 6. The molecule has 2 atom stereocenters. The summed E-state index contributed by atoms with van der Waals surface area (Å²) < 4.78 is 35.7. The zero-order valence-electron chi connectivity index (χ0n) is 22.5. The molecule has 0 spiro atoms. The van der Waals surface area contributed by atoms with Crippen LogP contribution in [0, 0.1) is 0 Å². The van der Waals surface area contributed by atoms with Gasteiger partial charge in [-0.1, -0.05) is 19.1 Å². The molecule has 3 aliphatic heterocycles. The number of piperazine rings is 1. The second-order valence-electron chi connectivity index (χ2n) is 10.7. The third-order valence-electron chi connectivity index (χ3n) is 8.31. The van der Waals surface area contributed by atoms with E-state index < -0.39 is 10.0 Å². The van der Waals surface area contributed by atoms with Crippen molar-refractivity contribution in [3.8, 4) is 5.95 Å². The number of imidazole rings is 2. The summed E-state index contributed by atoms with van der Waals surface area (Å²) in [5.41, 5.74) is 3.46. The Kier molecular flexibility index (Phi) is 5.88. The molecule has 6 heterocycles. The van der Waals surface area contributed by atoms with Crippen LogP contribution in [-0.4, -0.2) is 104 Å². The van der Waals surface area contributed by atoms with Crippen molar-refractivity contribution >= 4 is 38.0 Å². The number of hydrogen-bond acceptors (Lipinski definition) is 9. The molecule has 206 valence electrons. The van der Waals surface area contributed by atoms with Gasteiger partial charge in [-0.2, -0.15) is 14.3 Å². The molecule has 0 N–H and O–H groups in total. The van der Waals surface area contributed by atoms with E-state index in [1.54, 1.807) is 4.31 Å². The third kappa shape index (κ3) is 4.10. The SMILES string of the molecule is CCc1nc2ccccc2n1-c1nc(N2CCOCC2)c2nc(CN3C[C@H]4C[C@@H]3CN4S(C)(=O)=O)n(C)c2n1. The standard InChI is InChI=1S/C26H33N9O3S/c1-4-21-27-19-7-5-6-8-20(19)35(21)26-29-24-23(25(30-26)32-9-11-38-12-10-32)28-22(31(24)2)16-33-14-18-13-17(33)15-34(18)39(3,36)37/h5-8,17-18H,4,9-16H2,1-3H3/t17-,18-/m1/s1. The van der Waals surface area contributed by atoms with Gasteiger partial charge in [0.05, 0.1) is 37.0 Å². The number of benzene rings is 1. The van der Waals surface area contributed by atoms with Gasteiger partial charge in [-0.25, -0.2) is 18.4 Å². The maximum Gasteiger partial charge on any atom is 0.239 e. The lowest BCUT2D eigenvalue weighted by atomic mass is 10.2. The summed E-state index contributed by atoms with van der Waals surface area (Å²) in [6, 6.07) is 8.32. The molecule has 1 aromatic carbocycles. The summed E-state index contributed by atoms with van der Waals surface area (Å²) in [7, 11) is -1.17. The van der Waals surface area contributed by atoms with Crippen LogP contribution in [0.4, 0.5) is 5.82 Å². The van der Waals surface area contributed by atoms with Crippen LogP contribution in [-0.2, 0) is 34.8 Å². The molecule has 3 fully saturated rings. The summed E-state index contributed by atoms with van der Waals surface area (Å²) >= 11 is 0. The van der Waals surface area contributed by atoms with E-state index in [2.05, 4.69) is 31.9 Å². The lowest BCUT2D eigenvalue weighted by Gasteiger charge is -2.32. The molecule has 0 saturated carbocycles. The molecule has 13 heteroatoms. The Morgan fingerprint density at radius 1 is 1.00 bits per heavy atom. The first-order valence-corrected chi connectivity index (χ1v) is 15.4. The number of sulfonamides is 1. The van der Waals surface area contributed by atoms with Gasteiger partial charge in [0, 0.05) is 51.7 Å². The van der Waals surface area contributed by atoms with E-state index >= 15 is 0 Å². The van der Waals surface area contributed by atoms with Crippen LogP contribution in [0.2, 0.25) is 0 Å². The molecule has 39 heavy (non-hydrogen) atoms. The molecule has 12 nitrogen and oxygen atoms in total. The fourth-order valence-corrected chi connectivity index (χ4v) is 7.49. The molecule has 2 bridgehead atoms. The van der Waals surface area contributed by atoms with Crippen molar-refractivity contribution in [1.82, 2.24) is 38.3 Å². The van der Waals surface area contributed by atoms with Crippen LogP contribution in [0.15, 0.2) is 24.3 Å². The fraction of sp³-hybridized carbons (Fsp3) is 0.538. The Bertz CT molecular complexity index is 1670. The molecule has 7 rings (SSSR count). The lowest BCUT2D eigenvalue weighted by Crippen LogP contribution is -2.48. The van der Waals surface area contributed by atoms with Gasteiger partial charge in [-0.15, -0.1) is 0 Å². The smallest absolute Gasteiger partial charge is 0.239 e. The van der Waals surface area contributed by atoms with Crippen molar-refractivity contribution in [3.63, 3.8) is 0 Å². The van der Waals surface area contributed by atoms with Crippen LogP contribution >= 0.6 is 0 Å². The van der Waals surface area contributed by atoms with Crippen LogP contribution < -0.4 is 4.90 Å². The Morgan fingerprint density at radius 3 is 2.51 bits per heavy atom. The predicted octanol–water partition coefficient (Wildman–Crippen LogP) is 1.32. The van der Waals surface area contributed by atoms with Crippen molar-refractivity contribution < 1.29 is 13.2 Å². The van der Waals surface area contributed by atoms with E-state index in [1.807, 2.05) is 25.2 Å². The Hall–Kier alpha value is -3.13. The fourth-order valence-electron chi connectivity index (χ4n) is 6.35. The maximum absolute atomic E-state index is 12.2. The summed E-state index contributed by atoms with van der Waals surface area (Å²) in [6.45, 7) is 6.75. The molecular formula is C26H33N9O3S. The molecule has 4 aromatic rings. The minimum absolute atomic E-state index is 0.0389. The van der Waals surface area contributed by atoms with Gasteiger partial charge in [0.2, 0.25) is 16.0 Å². The van der Waals surface area contributed by atoms with E-state index in [-0.39, 0.29) is 12.1 Å². The number of nitrogens with zero attached hydrogens (tertiary/aromatic N) is 9. The topological polar surface area (TPSA) is 115 Å². The minimum Gasteiger partial charge on any atom is -0.378 e. The summed E-state index contributed by atoms with van der Waals surface area (Å²) in [4.78, 5) is 24.7. The number of aryl methyl sites for hydroxylation is 2. The second-order valence-corrected chi connectivity index (χ2v) is 12.7. The highest BCUT2D eigenvalue weighted by molar-refractivity contribution is 7.88. The largest absolute Gasteiger partial charge is 0.378 e. The number of para-hydroxylation sites is 2. The van der Waals surface area contributed by atoms with E-state index in [9.17, 15) is 8.42 Å². The lowest BCUT2D eigenvalue weighted by molar-refractivity contribution is 0.122. The Morgan fingerprint density at radius 2 is 1.79 bits per heavy atom. The zero-order valence-corrected chi connectivity index (χ0v) is 23.3. The molecule has 3 aliphatic rings. The first-order chi connectivity index (χ1) is 18.8. The number of fused-ring (bicyclic) bond motifs is 4. The molecule has 0 radical (unpaired) electrons. The first kappa shape index (κ1) is 24.9. The van der Waals surface area contributed by atoms with Crippen molar-refractivity contribution in [2.75, 3.05) is 50.5 Å². The van der Waals surface area contributed by atoms with E-state index in [1.165, 1.54) is 6.26 Å². The Balaban J connectivity index is 1.31. The van der Waals surface area contributed by atoms with Gasteiger partial charge < -0.3 is 14.2 Å². The summed E-state index contributed by atoms with van der Waals surface area (Å²) in [5, 5.41) is 0.